The molecule has 5 heteroatoms. The van der Waals surface area contributed by atoms with Crippen molar-refractivity contribution in [1.82, 2.24) is 4.98 Å². The zero-order valence-electron chi connectivity index (χ0n) is 13.6. The van der Waals surface area contributed by atoms with Gasteiger partial charge in [-0.2, -0.15) is 11.8 Å². The Morgan fingerprint density at radius 1 is 1.48 bits per heavy atom. The van der Waals surface area contributed by atoms with Crippen LogP contribution in [0.15, 0.2) is 18.3 Å². The van der Waals surface area contributed by atoms with Crippen molar-refractivity contribution in [1.29, 1.82) is 0 Å². The molecule has 0 aromatic carbocycles. The molecule has 1 saturated heterocycles. The van der Waals surface area contributed by atoms with Crippen molar-refractivity contribution in [2.45, 2.75) is 37.7 Å². The first-order valence-electron chi connectivity index (χ1n) is 7.38. The first-order valence-corrected chi connectivity index (χ1v) is 8.67. The van der Waals surface area contributed by atoms with Crippen LogP contribution in [0.2, 0.25) is 0 Å². The summed E-state index contributed by atoms with van der Waals surface area (Å²) >= 11 is 1.81. The monoisotopic (exact) mass is 310 g/mol. The lowest BCUT2D eigenvalue weighted by Crippen LogP contribution is -2.52. The topological polar surface area (TPSA) is 34.6 Å². The van der Waals surface area contributed by atoms with Crippen molar-refractivity contribution < 1.29 is 9.47 Å². The van der Waals surface area contributed by atoms with Crippen LogP contribution in [0.3, 0.4) is 0 Å². The molecule has 2 heterocycles. The molecule has 1 fully saturated rings. The fourth-order valence-corrected chi connectivity index (χ4v) is 2.76. The van der Waals surface area contributed by atoms with Gasteiger partial charge in [0.25, 0.3) is 0 Å². The van der Waals surface area contributed by atoms with E-state index in [9.17, 15) is 0 Å². The van der Waals surface area contributed by atoms with Crippen LogP contribution >= 0.6 is 11.8 Å². The number of pyridine rings is 1. The third-order valence-electron chi connectivity index (χ3n) is 4.27. The van der Waals surface area contributed by atoms with Gasteiger partial charge in [0, 0.05) is 25.4 Å². The fourth-order valence-electron chi connectivity index (χ4n) is 2.38. The second kappa shape index (κ2) is 6.99. The molecule has 4 nitrogen and oxygen atoms in total. The van der Waals surface area contributed by atoms with Crippen LogP contribution in [0.4, 0.5) is 5.69 Å². The number of thioether (sulfide) groups is 1. The highest BCUT2D eigenvalue weighted by molar-refractivity contribution is 7.98. The number of methoxy groups -OCH3 is 1. The maximum Gasteiger partial charge on any atom is 0.103 e. The van der Waals surface area contributed by atoms with Gasteiger partial charge in [0.1, 0.15) is 6.10 Å². The van der Waals surface area contributed by atoms with E-state index in [4.69, 9.17) is 9.47 Å². The molecule has 118 valence electrons. The first-order chi connectivity index (χ1) is 9.97. The van der Waals surface area contributed by atoms with Gasteiger partial charge in [-0.25, -0.2) is 0 Å². The third kappa shape index (κ3) is 3.90. The molecule has 21 heavy (non-hydrogen) atoms. The van der Waals surface area contributed by atoms with Crippen molar-refractivity contribution in [2.24, 2.45) is 0 Å². The number of morpholine rings is 1. The Hall–Kier alpha value is -0.780. The average molecular weight is 310 g/mol. The molecular formula is C16H26N2O2S. The highest BCUT2D eigenvalue weighted by Gasteiger charge is 2.34. The van der Waals surface area contributed by atoms with Gasteiger partial charge < -0.3 is 14.4 Å². The smallest absolute Gasteiger partial charge is 0.103 e. The summed E-state index contributed by atoms with van der Waals surface area (Å²) in [5, 5.41) is 0.434. The maximum absolute atomic E-state index is 5.87. The van der Waals surface area contributed by atoms with Gasteiger partial charge in [-0.15, -0.1) is 0 Å². The third-order valence-corrected chi connectivity index (χ3v) is 5.22. The van der Waals surface area contributed by atoms with E-state index in [1.54, 1.807) is 7.11 Å². The SMILES string of the molecule is COC(C)(C)[C@@H]1CN(c2ccc(C(C)SC)nc2)CCO1. The fraction of sp³-hybridized carbons (Fsp3) is 0.688. The number of anilines is 1. The van der Waals surface area contributed by atoms with E-state index in [0.717, 1.165) is 31.1 Å². The van der Waals surface area contributed by atoms with Crippen LogP contribution in [-0.2, 0) is 9.47 Å². The molecule has 1 aromatic rings. The summed E-state index contributed by atoms with van der Waals surface area (Å²) in [6.45, 7) is 8.78. The molecule has 0 N–H and O–H groups in total. The van der Waals surface area contributed by atoms with Crippen molar-refractivity contribution in [2.75, 3.05) is 38.0 Å². The van der Waals surface area contributed by atoms with E-state index < -0.39 is 0 Å². The normalized spacial score (nSPS) is 21.4. The highest BCUT2D eigenvalue weighted by Crippen LogP contribution is 2.27. The van der Waals surface area contributed by atoms with Crippen LogP contribution in [0.1, 0.15) is 31.7 Å². The molecule has 0 saturated carbocycles. The van der Waals surface area contributed by atoms with E-state index in [2.05, 4.69) is 49.0 Å². The molecular weight excluding hydrogens is 284 g/mol. The quantitative estimate of drug-likeness (QED) is 0.835. The van der Waals surface area contributed by atoms with Gasteiger partial charge in [0.2, 0.25) is 0 Å². The predicted octanol–water partition coefficient (Wildman–Crippen LogP) is 3.14. The van der Waals surface area contributed by atoms with Gasteiger partial charge in [0.05, 0.1) is 29.8 Å². The minimum absolute atomic E-state index is 0.0704. The summed E-state index contributed by atoms with van der Waals surface area (Å²) in [7, 11) is 1.74. The Morgan fingerprint density at radius 2 is 2.24 bits per heavy atom. The van der Waals surface area contributed by atoms with Crippen LogP contribution in [0.25, 0.3) is 0 Å². The Bertz CT molecular complexity index is 450. The van der Waals surface area contributed by atoms with Crippen LogP contribution in [0, 0.1) is 0 Å². The number of hydrogen-bond acceptors (Lipinski definition) is 5. The number of hydrogen-bond donors (Lipinski definition) is 0. The van der Waals surface area contributed by atoms with E-state index in [-0.39, 0.29) is 11.7 Å². The van der Waals surface area contributed by atoms with Gasteiger partial charge in [-0.3, -0.25) is 4.98 Å². The lowest BCUT2D eigenvalue weighted by Gasteiger charge is -2.41. The number of aromatic nitrogens is 1. The van der Waals surface area contributed by atoms with Crippen LogP contribution < -0.4 is 4.90 Å². The predicted molar refractivity (Wildman–Crippen MR) is 89.2 cm³/mol. The first kappa shape index (κ1) is 16.6. The molecule has 0 bridgehead atoms. The van der Waals surface area contributed by atoms with Crippen molar-refractivity contribution in [3.8, 4) is 0 Å². The standard InChI is InChI=1S/C16H26N2O2S/c1-12(21-5)14-7-6-13(10-17-14)18-8-9-20-15(11-18)16(2,3)19-4/h6-7,10,12,15H,8-9,11H2,1-5H3/t12?,15-/m0/s1. The molecule has 0 radical (unpaired) electrons. The van der Waals surface area contributed by atoms with Crippen LogP contribution in [0.5, 0.6) is 0 Å². The molecule has 1 aliphatic heterocycles. The zero-order valence-corrected chi connectivity index (χ0v) is 14.4. The maximum atomic E-state index is 5.87. The lowest BCUT2D eigenvalue weighted by atomic mass is 9.99. The lowest BCUT2D eigenvalue weighted by molar-refractivity contribution is -0.113. The summed E-state index contributed by atoms with van der Waals surface area (Å²) in [5.74, 6) is 0. The summed E-state index contributed by atoms with van der Waals surface area (Å²) < 4.78 is 11.4. The highest BCUT2D eigenvalue weighted by atomic mass is 32.2. The summed E-state index contributed by atoms with van der Waals surface area (Å²) in [5.41, 5.74) is 2.01. The summed E-state index contributed by atoms with van der Waals surface area (Å²) in [6.07, 6.45) is 4.16. The van der Waals surface area contributed by atoms with E-state index >= 15 is 0 Å². The van der Waals surface area contributed by atoms with E-state index in [1.165, 1.54) is 0 Å². The second-order valence-electron chi connectivity index (χ2n) is 5.93. The molecule has 0 spiro atoms. The molecule has 2 atom stereocenters. The number of nitrogens with zero attached hydrogens (tertiary/aromatic N) is 2. The Morgan fingerprint density at radius 3 is 2.81 bits per heavy atom. The summed E-state index contributed by atoms with van der Waals surface area (Å²) in [6, 6.07) is 4.29. The van der Waals surface area contributed by atoms with Gasteiger partial charge >= 0.3 is 0 Å². The molecule has 0 amide bonds. The Labute approximate surface area is 132 Å². The average Bonchev–Trinajstić information content (AvgIpc) is 2.54. The molecule has 2 rings (SSSR count). The van der Waals surface area contributed by atoms with E-state index in [1.807, 2.05) is 18.0 Å². The van der Waals surface area contributed by atoms with E-state index in [0.29, 0.717) is 5.25 Å². The second-order valence-corrected chi connectivity index (χ2v) is 7.11. The zero-order chi connectivity index (χ0) is 15.5. The molecule has 1 aliphatic rings. The van der Waals surface area contributed by atoms with Crippen molar-refractivity contribution >= 4 is 17.4 Å². The van der Waals surface area contributed by atoms with Gasteiger partial charge in [-0.1, -0.05) is 0 Å². The van der Waals surface area contributed by atoms with Gasteiger partial charge in [0.15, 0.2) is 0 Å². The molecule has 0 aliphatic carbocycles. The largest absolute Gasteiger partial charge is 0.376 e. The molecule has 1 aromatic heterocycles. The Kier molecular flexibility index (Phi) is 5.52. The molecule has 1 unspecified atom stereocenters. The number of rotatable bonds is 5. The minimum Gasteiger partial charge on any atom is -0.376 e. The Balaban J connectivity index is 2.07. The van der Waals surface area contributed by atoms with Crippen molar-refractivity contribution in [3.05, 3.63) is 24.0 Å². The van der Waals surface area contributed by atoms with Gasteiger partial charge in [-0.05, 0) is 39.2 Å². The summed E-state index contributed by atoms with van der Waals surface area (Å²) in [4.78, 5) is 6.93. The van der Waals surface area contributed by atoms with Crippen LogP contribution in [-0.4, -0.2) is 49.8 Å². The van der Waals surface area contributed by atoms with Crippen molar-refractivity contribution in [3.63, 3.8) is 0 Å². The minimum atomic E-state index is -0.278. The number of ether oxygens (including phenoxy) is 2.